The van der Waals surface area contributed by atoms with Crippen LogP contribution in [0.1, 0.15) is 17.7 Å². The first-order valence-corrected chi connectivity index (χ1v) is 8.20. The van der Waals surface area contributed by atoms with Crippen LogP contribution in [-0.4, -0.2) is 47.1 Å². The average Bonchev–Trinajstić information content (AvgIpc) is 3.14. The number of carbonyl (C=O) groups excluding carboxylic acids is 1. The van der Waals surface area contributed by atoms with E-state index in [4.69, 9.17) is 4.52 Å². The number of anilines is 2. The zero-order chi connectivity index (χ0) is 16.9. The van der Waals surface area contributed by atoms with Crippen LogP contribution in [0, 0.1) is 19.8 Å². The van der Waals surface area contributed by atoms with E-state index in [0.29, 0.717) is 18.3 Å². The fraction of sp³-hybridized carbons (Fsp3) is 0.471. The largest absolute Gasteiger partial charge is 0.370 e. The summed E-state index contributed by atoms with van der Waals surface area (Å²) in [6.45, 7) is 6.95. The molecule has 1 saturated heterocycles. The van der Waals surface area contributed by atoms with Gasteiger partial charge in [-0.1, -0.05) is 5.16 Å². The van der Waals surface area contributed by atoms with Crippen LogP contribution in [0.4, 0.5) is 11.7 Å². The normalized spacial score (nSPS) is 17.8. The van der Waals surface area contributed by atoms with Gasteiger partial charge < -0.3 is 9.84 Å². The maximum atomic E-state index is 12.0. The van der Waals surface area contributed by atoms with Gasteiger partial charge in [-0.25, -0.2) is 4.98 Å². The van der Waals surface area contributed by atoms with Gasteiger partial charge >= 0.3 is 0 Å². The number of carbonyl (C=O) groups is 1. The number of rotatable bonds is 6. The molecule has 0 aromatic carbocycles. The van der Waals surface area contributed by atoms with Gasteiger partial charge in [-0.15, -0.1) is 0 Å². The summed E-state index contributed by atoms with van der Waals surface area (Å²) >= 11 is 0. The van der Waals surface area contributed by atoms with Gasteiger partial charge in [-0.05, 0) is 50.4 Å². The Kier molecular flexibility index (Phi) is 5.10. The summed E-state index contributed by atoms with van der Waals surface area (Å²) in [6, 6.07) is 5.74. The van der Waals surface area contributed by atoms with Gasteiger partial charge in [0, 0.05) is 25.4 Å². The van der Waals surface area contributed by atoms with Crippen molar-refractivity contribution in [2.75, 3.05) is 36.8 Å². The van der Waals surface area contributed by atoms with E-state index in [2.05, 4.69) is 32.6 Å². The number of aryl methyl sites for hydroxylation is 2. The summed E-state index contributed by atoms with van der Waals surface area (Å²) < 4.78 is 5.00. The summed E-state index contributed by atoms with van der Waals surface area (Å²) in [5.41, 5.74) is 1.95. The fourth-order valence-corrected chi connectivity index (χ4v) is 2.91. The Morgan fingerprint density at radius 3 is 3.04 bits per heavy atom. The van der Waals surface area contributed by atoms with Crippen molar-refractivity contribution in [1.29, 1.82) is 0 Å². The topological polar surface area (TPSA) is 83.3 Å². The van der Waals surface area contributed by atoms with Crippen molar-refractivity contribution in [1.82, 2.24) is 15.0 Å². The molecule has 1 amide bonds. The molecular weight excluding hydrogens is 306 g/mol. The summed E-state index contributed by atoms with van der Waals surface area (Å²) in [4.78, 5) is 18.5. The van der Waals surface area contributed by atoms with Gasteiger partial charge in [0.2, 0.25) is 11.8 Å². The number of aromatic nitrogens is 2. The molecule has 3 heterocycles. The first kappa shape index (κ1) is 16.4. The number of nitrogens with one attached hydrogen (secondary N) is 2. The molecule has 7 nitrogen and oxygen atoms in total. The van der Waals surface area contributed by atoms with Crippen molar-refractivity contribution in [2.24, 2.45) is 5.92 Å². The maximum Gasteiger partial charge on any atom is 0.240 e. The van der Waals surface area contributed by atoms with Gasteiger partial charge in [-0.3, -0.25) is 15.0 Å². The molecule has 2 N–H and O–H groups in total. The second-order valence-corrected chi connectivity index (χ2v) is 6.37. The third kappa shape index (κ3) is 4.55. The zero-order valence-corrected chi connectivity index (χ0v) is 14.1. The monoisotopic (exact) mass is 329 g/mol. The van der Waals surface area contributed by atoms with Crippen molar-refractivity contribution in [3.05, 3.63) is 35.7 Å². The minimum atomic E-state index is -0.0693. The molecule has 1 unspecified atom stereocenters. The zero-order valence-electron chi connectivity index (χ0n) is 14.1. The lowest BCUT2D eigenvalue weighted by Crippen LogP contribution is -2.32. The number of pyridine rings is 1. The molecule has 24 heavy (non-hydrogen) atoms. The standard InChI is InChI=1S/C17H23N5O2/c1-12-3-5-18-15(7-12)19-9-14-4-6-22(10-14)11-16(23)20-17-8-13(2)21-24-17/h3,5,7-8,14H,4,6,9-11H2,1-2H3,(H,18,19)(H,20,23). The van der Waals surface area contributed by atoms with E-state index >= 15 is 0 Å². The first-order valence-electron chi connectivity index (χ1n) is 8.20. The summed E-state index contributed by atoms with van der Waals surface area (Å²) in [6.07, 6.45) is 2.89. The van der Waals surface area contributed by atoms with Crippen LogP contribution >= 0.6 is 0 Å². The Hall–Kier alpha value is -2.41. The Balaban J connectivity index is 1.41. The van der Waals surface area contributed by atoms with E-state index in [-0.39, 0.29) is 5.91 Å². The van der Waals surface area contributed by atoms with Crippen molar-refractivity contribution < 1.29 is 9.32 Å². The van der Waals surface area contributed by atoms with E-state index in [9.17, 15) is 4.79 Å². The highest BCUT2D eigenvalue weighted by Crippen LogP contribution is 2.17. The van der Waals surface area contributed by atoms with Crippen LogP contribution in [-0.2, 0) is 4.79 Å². The van der Waals surface area contributed by atoms with E-state index in [1.54, 1.807) is 6.07 Å². The third-order valence-electron chi connectivity index (χ3n) is 4.12. The molecule has 2 aromatic heterocycles. The van der Waals surface area contributed by atoms with Crippen LogP contribution in [0.5, 0.6) is 0 Å². The van der Waals surface area contributed by atoms with Crippen LogP contribution in [0.25, 0.3) is 0 Å². The molecule has 2 aromatic rings. The number of hydrogen-bond acceptors (Lipinski definition) is 6. The molecule has 128 valence electrons. The van der Waals surface area contributed by atoms with Crippen LogP contribution in [0.2, 0.25) is 0 Å². The average molecular weight is 329 g/mol. The van der Waals surface area contributed by atoms with E-state index in [1.165, 1.54) is 5.56 Å². The molecule has 1 atom stereocenters. The number of likely N-dealkylation sites (tertiary alicyclic amines) is 1. The third-order valence-corrected chi connectivity index (χ3v) is 4.12. The molecule has 7 heteroatoms. The van der Waals surface area contributed by atoms with Gasteiger partial charge in [0.1, 0.15) is 5.82 Å². The smallest absolute Gasteiger partial charge is 0.240 e. The van der Waals surface area contributed by atoms with Gasteiger partial charge in [0.25, 0.3) is 0 Å². The van der Waals surface area contributed by atoms with E-state index in [0.717, 1.165) is 37.6 Å². The second-order valence-electron chi connectivity index (χ2n) is 6.37. The maximum absolute atomic E-state index is 12.0. The summed E-state index contributed by atoms with van der Waals surface area (Å²) in [7, 11) is 0. The molecule has 3 rings (SSSR count). The lowest BCUT2D eigenvalue weighted by atomic mass is 10.1. The Morgan fingerprint density at radius 2 is 2.29 bits per heavy atom. The first-order chi connectivity index (χ1) is 11.6. The minimum absolute atomic E-state index is 0.0693. The van der Waals surface area contributed by atoms with Crippen molar-refractivity contribution in [3.63, 3.8) is 0 Å². The highest BCUT2D eigenvalue weighted by atomic mass is 16.5. The van der Waals surface area contributed by atoms with Crippen LogP contribution in [0.3, 0.4) is 0 Å². The highest BCUT2D eigenvalue weighted by Gasteiger charge is 2.24. The number of hydrogen-bond donors (Lipinski definition) is 2. The lowest BCUT2D eigenvalue weighted by Gasteiger charge is -2.15. The van der Waals surface area contributed by atoms with Crippen molar-refractivity contribution in [3.8, 4) is 0 Å². The Labute approximate surface area is 141 Å². The highest BCUT2D eigenvalue weighted by molar-refractivity contribution is 5.90. The predicted molar refractivity (Wildman–Crippen MR) is 91.9 cm³/mol. The molecule has 0 bridgehead atoms. The molecule has 1 aliphatic heterocycles. The minimum Gasteiger partial charge on any atom is -0.370 e. The number of amides is 1. The number of nitrogens with zero attached hydrogens (tertiary/aromatic N) is 3. The summed E-state index contributed by atoms with van der Waals surface area (Å²) in [5, 5.41) is 9.87. The van der Waals surface area contributed by atoms with E-state index in [1.807, 2.05) is 25.3 Å². The van der Waals surface area contributed by atoms with Gasteiger partial charge in [0.05, 0.1) is 12.2 Å². The van der Waals surface area contributed by atoms with Gasteiger partial charge in [0.15, 0.2) is 0 Å². The molecule has 0 radical (unpaired) electrons. The SMILES string of the molecule is Cc1ccnc(NCC2CCN(CC(=O)Nc3cc(C)no3)C2)c1. The Bertz CT molecular complexity index is 700. The molecule has 1 fully saturated rings. The molecule has 1 aliphatic rings. The Morgan fingerprint density at radius 1 is 1.42 bits per heavy atom. The quantitative estimate of drug-likeness (QED) is 0.844. The molecular formula is C17H23N5O2. The van der Waals surface area contributed by atoms with Crippen molar-refractivity contribution in [2.45, 2.75) is 20.3 Å². The van der Waals surface area contributed by atoms with Gasteiger partial charge in [-0.2, -0.15) is 0 Å². The van der Waals surface area contributed by atoms with Crippen LogP contribution < -0.4 is 10.6 Å². The van der Waals surface area contributed by atoms with Crippen molar-refractivity contribution >= 4 is 17.6 Å². The molecule has 0 spiro atoms. The van der Waals surface area contributed by atoms with Crippen LogP contribution in [0.15, 0.2) is 28.9 Å². The second kappa shape index (κ2) is 7.44. The van der Waals surface area contributed by atoms with E-state index < -0.39 is 0 Å². The molecule has 0 saturated carbocycles. The molecule has 0 aliphatic carbocycles. The summed E-state index contributed by atoms with van der Waals surface area (Å²) in [5.74, 6) is 1.76. The predicted octanol–water partition coefficient (Wildman–Crippen LogP) is 2.06. The fourth-order valence-electron chi connectivity index (χ4n) is 2.91. The lowest BCUT2D eigenvalue weighted by molar-refractivity contribution is -0.117.